The molecule has 1 aromatic heterocycles. The third kappa shape index (κ3) is 3.75. The van der Waals surface area contributed by atoms with Crippen molar-refractivity contribution in [2.45, 2.75) is 26.2 Å². The number of carbonyl (C=O) groups excluding carboxylic acids is 1. The maximum Gasteiger partial charge on any atom is 0.224 e. The molecule has 0 spiro atoms. The van der Waals surface area contributed by atoms with Crippen molar-refractivity contribution in [1.29, 1.82) is 0 Å². The second-order valence-electron chi connectivity index (χ2n) is 6.35. The predicted molar refractivity (Wildman–Crippen MR) is 91.1 cm³/mol. The number of fused-ring (bicyclic) bond motifs is 1. The Balaban J connectivity index is 1.58. The van der Waals surface area contributed by atoms with Crippen LogP contribution in [0.4, 0.5) is 0 Å². The number of para-hydroxylation sites is 1. The van der Waals surface area contributed by atoms with Gasteiger partial charge in [-0.1, -0.05) is 18.2 Å². The molecular formula is C17H22N2O3S. The monoisotopic (exact) mass is 334 g/mol. The number of H-pyrrole nitrogens is 1. The fourth-order valence-corrected chi connectivity index (χ4v) is 4.78. The van der Waals surface area contributed by atoms with Crippen molar-refractivity contribution in [3.05, 3.63) is 35.5 Å². The molecule has 2 aromatic rings. The summed E-state index contributed by atoms with van der Waals surface area (Å²) in [6.45, 7) is 2.55. The van der Waals surface area contributed by atoms with Crippen LogP contribution in [0.25, 0.3) is 10.9 Å². The van der Waals surface area contributed by atoms with E-state index in [1.807, 2.05) is 31.2 Å². The number of amides is 1. The Kier molecular flexibility index (Phi) is 4.43. The molecular weight excluding hydrogens is 312 g/mol. The topological polar surface area (TPSA) is 79.0 Å². The first-order valence-electron chi connectivity index (χ1n) is 7.98. The van der Waals surface area contributed by atoms with Gasteiger partial charge in [0.25, 0.3) is 0 Å². The van der Waals surface area contributed by atoms with Crippen LogP contribution >= 0.6 is 0 Å². The molecule has 2 heterocycles. The number of nitrogens with one attached hydrogen (secondary N) is 2. The summed E-state index contributed by atoms with van der Waals surface area (Å²) in [4.78, 5) is 15.5. The predicted octanol–water partition coefficient (Wildman–Crippen LogP) is 1.96. The molecule has 6 heteroatoms. The molecule has 2 N–H and O–H groups in total. The van der Waals surface area contributed by atoms with Crippen LogP contribution < -0.4 is 5.32 Å². The molecule has 1 aliphatic heterocycles. The molecule has 1 saturated heterocycles. The summed E-state index contributed by atoms with van der Waals surface area (Å²) >= 11 is 0. The highest BCUT2D eigenvalue weighted by Gasteiger charge is 2.24. The first-order chi connectivity index (χ1) is 10.9. The molecule has 0 radical (unpaired) electrons. The van der Waals surface area contributed by atoms with Crippen LogP contribution in [0, 0.1) is 12.8 Å². The molecule has 1 amide bonds. The number of rotatable bonds is 4. The first kappa shape index (κ1) is 16.1. The van der Waals surface area contributed by atoms with E-state index in [1.165, 1.54) is 0 Å². The van der Waals surface area contributed by atoms with Gasteiger partial charge in [-0.05, 0) is 37.3 Å². The van der Waals surface area contributed by atoms with E-state index in [4.69, 9.17) is 0 Å². The van der Waals surface area contributed by atoms with Gasteiger partial charge in [-0.15, -0.1) is 0 Å². The van der Waals surface area contributed by atoms with E-state index in [9.17, 15) is 13.2 Å². The van der Waals surface area contributed by atoms with Crippen molar-refractivity contribution in [2.24, 2.45) is 5.92 Å². The summed E-state index contributed by atoms with van der Waals surface area (Å²) in [5.74, 6) is 0.752. The molecule has 3 rings (SSSR count). The number of aromatic nitrogens is 1. The average molecular weight is 334 g/mol. The lowest BCUT2D eigenvalue weighted by molar-refractivity contribution is -0.120. The quantitative estimate of drug-likeness (QED) is 0.897. The highest BCUT2D eigenvalue weighted by Crippen LogP contribution is 2.22. The summed E-state index contributed by atoms with van der Waals surface area (Å²) in [6, 6.07) is 7.97. The minimum atomic E-state index is -2.84. The Hall–Kier alpha value is -1.82. The molecule has 1 aromatic carbocycles. The van der Waals surface area contributed by atoms with E-state index in [1.54, 1.807) is 0 Å². The maximum atomic E-state index is 12.2. The minimum absolute atomic E-state index is 0.00807. The number of aryl methyl sites for hydroxylation is 1. The normalized spacial score (nSPS) is 18.1. The number of aromatic amines is 1. The fraction of sp³-hybridized carbons (Fsp3) is 0.471. The van der Waals surface area contributed by atoms with Gasteiger partial charge in [-0.25, -0.2) is 8.42 Å². The number of hydrogen-bond donors (Lipinski definition) is 2. The van der Waals surface area contributed by atoms with Gasteiger partial charge in [0.2, 0.25) is 5.91 Å². The van der Waals surface area contributed by atoms with Crippen molar-refractivity contribution in [2.75, 3.05) is 18.1 Å². The van der Waals surface area contributed by atoms with E-state index in [-0.39, 0.29) is 23.3 Å². The Morgan fingerprint density at radius 2 is 1.96 bits per heavy atom. The van der Waals surface area contributed by atoms with Gasteiger partial charge < -0.3 is 10.3 Å². The lowest BCUT2D eigenvalue weighted by atomic mass is 10.0. The summed E-state index contributed by atoms with van der Waals surface area (Å²) < 4.78 is 22.8. The van der Waals surface area contributed by atoms with Crippen molar-refractivity contribution in [3.8, 4) is 0 Å². The first-order valence-corrected chi connectivity index (χ1v) is 9.80. The summed E-state index contributed by atoms with van der Waals surface area (Å²) in [7, 11) is -2.84. The Labute approximate surface area is 136 Å². The number of benzene rings is 1. The highest BCUT2D eigenvalue weighted by atomic mass is 32.2. The van der Waals surface area contributed by atoms with Crippen LogP contribution in [0.2, 0.25) is 0 Å². The molecule has 1 aliphatic rings. The lowest BCUT2D eigenvalue weighted by Gasteiger charge is -2.22. The van der Waals surface area contributed by atoms with Crippen LogP contribution in [0.1, 0.15) is 24.1 Å². The number of sulfone groups is 1. The van der Waals surface area contributed by atoms with Crippen molar-refractivity contribution >= 4 is 26.6 Å². The summed E-state index contributed by atoms with van der Waals surface area (Å²) in [5, 5.41) is 4.05. The SMILES string of the molecule is Cc1[nH]c2ccccc2c1CC(=O)NCC1CCS(=O)(=O)CC1. The molecule has 1 fully saturated rings. The zero-order chi connectivity index (χ0) is 16.4. The highest BCUT2D eigenvalue weighted by molar-refractivity contribution is 7.91. The third-order valence-corrected chi connectivity index (χ3v) is 6.34. The van der Waals surface area contributed by atoms with Gasteiger partial charge in [-0.3, -0.25) is 4.79 Å². The second-order valence-corrected chi connectivity index (χ2v) is 8.65. The van der Waals surface area contributed by atoms with Crippen molar-refractivity contribution < 1.29 is 13.2 Å². The number of carbonyl (C=O) groups is 1. The van der Waals surface area contributed by atoms with Gasteiger partial charge in [0, 0.05) is 23.1 Å². The standard InChI is InChI=1S/C17H22N2O3S/c1-12-15(14-4-2-3-5-16(14)19-12)10-17(20)18-11-13-6-8-23(21,22)9-7-13/h2-5,13,19H,6-11H2,1H3,(H,18,20). The van der Waals surface area contributed by atoms with Gasteiger partial charge in [0.15, 0.2) is 0 Å². The Morgan fingerprint density at radius 1 is 1.26 bits per heavy atom. The Morgan fingerprint density at radius 3 is 2.70 bits per heavy atom. The molecule has 0 unspecified atom stereocenters. The minimum Gasteiger partial charge on any atom is -0.358 e. The molecule has 0 bridgehead atoms. The second kappa shape index (κ2) is 6.35. The van der Waals surface area contributed by atoms with Crippen LogP contribution in [0.15, 0.2) is 24.3 Å². The Bertz CT molecular complexity index is 809. The van der Waals surface area contributed by atoms with E-state index >= 15 is 0 Å². The molecule has 0 aliphatic carbocycles. The average Bonchev–Trinajstić information content (AvgIpc) is 2.82. The van der Waals surface area contributed by atoms with Gasteiger partial charge >= 0.3 is 0 Å². The van der Waals surface area contributed by atoms with Crippen molar-refractivity contribution in [3.63, 3.8) is 0 Å². The zero-order valence-electron chi connectivity index (χ0n) is 13.3. The third-order valence-electron chi connectivity index (χ3n) is 4.63. The maximum absolute atomic E-state index is 12.2. The molecule has 124 valence electrons. The van der Waals surface area contributed by atoms with Gasteiger partial charge in [0.1, 0.15) is 9.84 Å². The van der Waals surface area contributed by atoms with Gasteiger partial charge in [-0.2, -0.15) is 0 Å². The smallest absolute Gasteiger partial charge is 0.224 e. The van der Waals surface area contributed by atoms with E-state index < -0.39 is 9.84 Å². The van der Waals surface area contributed by atoms with Crippen molar-refractivity contribution in [1.82, 2.24) is 10.3 Å². The zero-order valence-corrected chi connectivity index (χ0v) is 14.1. The fourth-order valence-electron chi connectivity index (χ4n) is 3.19. The van der Waals surface area contributed by atoms with Crippen LogP contribution in [0.5, 0.6) is 0 Å². The molecule has 5 nitrogen and oxygen atoms in total. The summed E-state index contributed by atoms with van der Waals surface area (Å²) in [6.07, 6.45) is 1.64. The van der Waals surface area contributed by atoms with Crippen LogP contribution in [-0.4, -0.2) is 37.4 Å². The molecule has 23 heavy (non-hydrogen) atoms. The van der Waals surface area contributed by atoms with Crippen LogP contribution in [0.3, 0.4) is 0 Å². The van der Waals surface area contributed by atoms with Crippen LogP contribution in [-0.2, 0) is 21.1 Å². The van der Waals surface area contributed by atoms with E-state index in [0.717, 1.165) is 22.2 Å². The van der Waals surface area contributed by atoms with Gasteiger partial charge in [0.05, 0.1) is 17.9 Å². The van der Waals surface area contributed by atoms with E-state index in [0.29, 0.717) is 25.8 Å². The van der Waals surface area contributed by atoms with E-state index in [2.05, 4.69) is 10.3 Å². The molecule has 0 atom stereocenters. The largest absolute Gasteiger partial charge is 0.358 e. The lowest BCUT2D eigenvalue weighted by Crippen LogP contribution is -2.34. The summed E-state index contributed by atoms with van der Waals surface area (Å²) in [5.41, 5.74) is 3.10. The number of hydrogen-bond acceptors (Lipinski definition) is 3. The molecule has 0 saturated carbocycles.